The molecule has 1 aliphatic heterocycles. The van der Waals surface area contributed by atoms with Crippen molar-refractivity contribution in [2.45, 2.75) is 12.3 Å². The molecule has 2 heterocycles. The number of hydrogen-bond acceptors (Lipinski definition) is 5. The topological polar surface area (TPSA) is 77.2 Å². The Morgan fingerprint density at radius 3 is 2.86 bits per heavy atom. The lowest BCUT2D eigenvalue weighted by molar-refractivity contribution is 0.111. The first-order chi connectivity index (χ1) is 6.61. The number of carbonyl (C=O) groups is 1. The van der Waals surface area contributed by atoms with Crippen LogP contribution in [-0.4, -0.2) is 31.2 Å². The molecule has 5 nitrogen and oxygen atoms in total. The summed E-state index contributed by atoms with van der Waals surface area (Å²) in [5, 5.41) is 0. The van der Waals surface area contributed by atoms with E-state index in [0.717, 1.165) is 0 Å². The summed E-state index contributed by atoms with van der Waals surface area (Å²) >= 11 is 0. The van der Waals surface area contributed by atoms with Gasteiger partial charge < -0.3 is 4.42 Å². The van der Waals surface area contributed by atoms with E-state index >= 15 is 0 Å². The minimum atomic E-state index is -2.93. The molecule has 0 aromatic carbocycles. The van der Waals surface area contributed by atoms with Crippen molar-refractivity contribution in [1.82, 2.24) is 4.98 Å². The number of rotatable bonds is 2. The van der Waals surface area contributed by atoms with Gasteiger partial charge in [-0.2, -0.15) is 0 Å². The molecule has 1 aromatic heterocycles. The Kier molecular flexibility index (Phi) is 2.14. The Bertz CT molecular complexity index is 448. The highest BCUT2D eigenvalue weighted by Crippen LogP contribution is 2.27. The van der Waals surface area contributed by atoms with Gasteiger partial charge in [-0.05, 0) is 6.42 Å². The van der Waals surface area contributed by atoms with Crippen molar-refractivity contribution in [1.29, 1.82) is 0 Å². The van der Waals surface area contributed by atoms with Crippen LogP contribution in [0.15, 0.2) is 10.7 Å². The van der Waals surface area contributed by atoms with Crippen molar-refractivity contribution in [3.05, 3.63) is 17.8 Å². The molecule has 1 fully saturated rings. The van der Waals surface area contributed by atoms with Crippen molar-refractivity contribution in [2.24, 2.45) is 0 Å². The predicted molar refractivity (Wildman–Crippen MR) is 47.9 cm³/mol. The molecule has 1 unspecified atom stereocenters. The van der Waals surface area contributed by atoms with E-state index in [0.29, 0.717) is 18.6 Å². The minimum absolute atomic E-state index is 0.0752. The van der Waals surface area contributed by atoms with E-state index in [1.807, 2.05) is 0 Å². The third-order valence-electron chi connectivity index (χ3n) is 2.24. The van der Waals surface area contributed by atoms with Crippen LogP contribution in [-0.2, 0) is 9.84 Å². The van der Waals surface area contributed by atoms with Crippen molar-refractivity contribution in [3.63, 3.8) is 0 Å². The summed E-state index contributed by atoms with van der Waals surface area (Å²) < 4.78 is 27.3. The maximum absolute atomic E-state index is 11.2. The molecule has 2 rings (SSSR count). The third-order valence-corrected chi connectivity index (χ3v) is 4.01. The maximum Gasteiger partial charge on any atom is 0.198 e. The molecule has 0 saturated carbocycles. The van der Waals surface area contributed by atoms with Gasteiger partial charge in [-0.1, -0.05) is 0 Å². The maximum atomic E-state index is 11.2. The smallest absolute Gasteiger partial charge is 0.198 e. The van der Waals surface area contributed by atoms with Gasteiger partial charge in [0.2, 0.25) is 0 Å². The van der Waals surface area contributed by atoms with Crippen molar-refractivity contribution >= 4 is 16.1 Å². The summed E-state index contributed by atoms with van der Waals surface area (Å²) in [5.74, 6) is 0.421. The summed E-state index contributed by atoms with van der Waals surface area (Å²) in [6.45, 7) is 0. The summed E-state index contributed by atoms with van der Waals surface area (Å²) in [6, 6.07) is 0. The van der Waals surface area contributed by atoms with Crippen LogP contribution >= 0.6 is 0 Å². The predicted octanol–water partition coefficient (Wildman–Crippen LogP) is 0.389. The number of nitrogens with zero attached hydrogens (tertiary/aromatic N) is 1. The lowest BCUT2D eigenvalue weighted by Gasteiger charge is -1.99. The molecular weight excluding hydrogens is 206 g/mol. The van der Waals surface area contributed by atoms with Gasteiger partial charge in [0.15, 0.2) is 22.0 Å². The van der Waals surface area contributed by atoms with Crippen LogP contribution in [0, 0.1) is 0 Å². The number of aldehydes is 1. The molecular formula is C8H9NO4S. The van der Waals surface area contributed by atoms with Crippen molar-refractivity contribution < 1.29 is 17.6 Å². The van der Waals surface area contributed by atoms with E-state index in [-0.39, 0.29) is 23.1 Å². The fraction of sp³-hybridized carbons (Fsp3) is 0.500. The van der Waals surface area contributed by atoms with E-state index < -0.39 is 9.84 Å². The van der Waals surface area contributed by atoms with Gasteiger partial charge >= 0.3 is 0 Å². The van der Waals surface area contributed by atoms with Crippen LogP contribution in [0.4, 0.5) is 0 Å². The number of carbonyl (C=O) groups excluding carboxylic acids is 1. The second-order valence-corrected chi connectivity index (χ2v) is 5.56. The normalized spacial score (nSPS) is 25.0. The molecule has 0 radical (unpaired) electrons. The Hall–Kier alpha value is -1.17. The zero-order valence-corrected chi connectivity index (χ0v) is 8.16. The largest absolute Gasteiger partial charge is 0.448 e. The fourth-order valence-electron chi connectivity index (χ4n) is 1.53. The molecule has 76 valence electrons. The molecule has 1 aliphatic rings. The second-order valence-electron chi connectivity index (χ2n) is 3.33. The minimum Gasteiger partial charge on any atom is -0.448 e. The summed E-state index contributed by atoms with van der Waals surface area (Å²) in [5.41, 5.74) is 0.212. The molecule has 0 amide bonds. The van der Waals surface area contributed by atoms with Crippen LogP contribution in [0.2, 0.25) is 0 Å². The summed E-state index contributed by atoms with van der Waals surface area (Å²) in [4.78, 5) is 14.2. The van der Waals surface area contributed by atoms with Gasteiger partial charge in [0, 0.05) is 0 Å². The van der Waals surface area contributed by atoms with Gasteiger partial charge in [-0.15, -0.1) is 0 Å². The zero-order valence-electron chi connectivity index (χ0n) is 7.34. The second kappa shape index (κ2) is 3.20. The molecule has 0 spiro atoms. The average Bonchev–Trinajstić information content (AvgIpc) is 2.70. The van der Waals surface area contributed by atoms with E-state index in [9.17, 15) is 13.2 Å². The van der Waals surface area contributed by atoms with Crippen molar-refractivity contribution in [3.8, 4) is 0 Å². The Balaban J connectivity index is 2.21. The summed E-state index contributed by atoms with van der Waals surface area (Å²) in [6.07, 6.45) is 2.35. The molecule has 14 heavy (non-hydrogen) atoms. The first kappa shape index (κ1) is 9.39. The quantitative estimate of drug-likeness (QED) is 0.667. The number of oxazole rings is 1. The summed E-state index contributed by atoms with van der Waals surface area (Å²) in [7, 11) is -2.93. The highest BCUT2D eigenvalue weighted by Gasteiger charge is 2.32. The molecule has 0 bridgehead atoms. The van der Waals surface area contributed by atoms with Crippen LogP contribution in [0.5, 0.6) is 0 Å². The molecule has 0 N–H and O–H groups in total. The fourth-order valence-corrected chi connectivity index (χ4v) is 3.26. The highest BCUT2D eigenvalue weighted by atomic mass is 32.2. The monoisotopic (exact) mass is 215 g/mol. The Morgan fingerprint density at radius 2 is 2.36 bits per heavy atom. The lowest BCUT2D eigenvalue weighted by atomic mass is 10.1. The van der Waals surface area contributed by atoms with Gasteiger partial charge in [0.25, 0.3) is 0 Å². The number of hydrogen-bond donors (Lipinski definition) is 0. The third kappa shape index (κ3) is 1.70. The van der Waals surface area contributed by atoms with Crippen LogP contribution in [0.1, 0.15) is 28.7 Å². The van der Waals surface area contributed by atoms with Crippen LogP contribution in [0.25, 0.3) is 0 Å². The van der Waals surface area contributed by atoms with E-state index in [1.165, 1.54) is 6.26 Å². The first-order valence-corrected chi connectivity index (χ1v) is 6.04. The molecule has 1 atom stereocenters. The SMILES string of the molecule is O=Cc1coc(C2CCS(=O)(=O)C2)n1. The van der Waals surface area contributed by atoms with Gasteiger partial charge in [0.05, 0.1) is 17.4 Å². The van der Waals surface area contributed by atoms with E-state index in [2.05, 4.69) is 4.98 Å². The highest BCUT2D eigenvalue weighted by molar-refractivity contribution is 7.91. The Morgan fingerprint density at radius 1 is 1.57 bits per heavy atom. The van der Waals surface area contributed by atoms with Gasteiger partial charge in [-0.3, -0.25) is 4.79 Å². The van der Waals surface area contributed by atoms with Crippen LogP contribution in [0.3, 0.4) is 0 Å². The standard InChI is InChI=1S/C8H9NO4S/c10-3-7-4-13-8(9-7)6-1-2-14(11,12)5-6/h3-4,6H,1-2,5H2. The molecule has 0 aliphatic carbocycles. The first-order valence-electron chi connectivity index (χ1n) is 4.22. The molecule has 1 saturated heterocycles. The van der Waals surface area contributed by atoms with Crippen molar-refractivity contribution in [2.75, 3.05) is 11.5 Å². The average molecular weight is 215 g/mol. The van der Waals surface area contributed by atoms with E-state index in [1.54, 1.807) is 0 Å². The number of sulfone groups is 1. The van der Waals surface area contributed by atoms with Crippen LogP contribution < -0.4 is 0 Å². The molecule has 6 heteroatoms. The number of aromatic nitrogens is 1. The van der Waals surface area contributed by atoms with Gasteiger partial charge in [0.1, 0.15) is 12.0 Å². The molecule has 1 aromatic rings. The lowest BCUT2D eigenvalue weighted by Crippen LogP contribution is -2.04. The van der Waals surface area contributed by atoms with E-state index in [4.69, 9.17) is 4.42 Å². The Labute approximate surface area is 81.1 Å². The zero-order chi connectivity index (χ0) is 10.2. The van der Waals surface area contributed by atoms with Gasteiger partial charge in [-0.25, -0.2) is 13.4 Å².